The molecule has 0 bridgehead atoms. The van der Waals surface area contributed by atoms with E-state index in [1.54, 1.807) is 14.2 Å². The van der Waals surface area contributed by atoms with Gasteiger partial charge in [0.2, 0.25) is 0 Å². The zero-order valence-electron chi connectivity index (χ0n) is 10.8. The van der Waals surface area contributed by atoms with Gasteiger partial charge in [-0.2, -0.15) is 0 Å². The second-order valence-corrected chi connectivity index (χ2v) is 3.73. The van der Waals surface area contributed by atoms with E-state index in [9.17, 15) is 0 Å². The smallest absolute Gasteiger partial charge is 0.0615 e. The van der Waals surface area contributed by atoms with Gasteiger partial charge >= 0.3 is 0 Å². The van der Waals surface area contributed by atoms with Crippen LogP contribution >= 0.6 is 0 Å². The third-order valence-electron chi connectivity index (χ3n) is 2.40. The maximum absolute atomic E-state index is 5.37. The zero-order valence-corrected chi connectivity index (χ0v) is 10.8. The minimum absolute atomic E-state index is 0.377. The Morgan fingerprint density at radius 3 is 2.31 bits per heavy atom. The molecular weight excluding hydrogens is 208 g/mol. The van der Waals surface area contributed by atoms with E-state index in [1.807, 2.05) is 0 Å². The van der Waals surface area contributed by atoms with Crippen molar-refractivity contribution in [2.45, 2.75) is 13.0 Å². The summed E-state index contributed by atoms with van der Waals surface area (Å²) in [5.41, 5.74) is 5.35. The van der Waals surface area contributed by atoms with Crippen molar-refractivity contribution in [3.8, 4) is 0 Å². The Bertz CT molecular complexity index is 147. The molecule has 5 heteroatoms. The first-order valence-corrected chi connectivity index (χ1v) is 5.76. The van der Waals surface area contributed by atoms with Gasteiger partial charge in [-0.15, -0.1) is 0 Å². The van der Waals surface area contributed by atoms with Gasteiger partial charge in [-0.3, -0.25) is 4.90 Å². The van der Waals surface area contributed by atoms with Crippen LogP contribution in [-0.2, 0) is 14.2 Å². The molecule has 0 aromatic heterocycles. The summed E-state index contributed by atoms with van der Waals surface area (Å²) in [6.07, 6.45) is 0. The van der Waals surface area contributed by atoms with Gasteiger partial charge in [-0.05, 0) is 6.92 Å². The highest BCUT2D eigenvalue weighted by Crippen LogP contribution is 1.99. The van der Waals surface area contributed by atoms with Crippen LogP contribution < -0.4 is 5.73 Å². The van der Waals surface area contributed by atoms with Gasteiger partial charge in [0, 0.05) is 39.9 Å². The first kappa shape index (κ1) is 15.8. The highest BCUT2D eigenvalue weighted by atomic mass is 16.5. The van der Waals surface area contributed by atoms with Crippen molar-refractivity contribution in [1.82, 2.24) is 4.90 Å². The minimum Gasteiger partial charge on any atom is -0.383 e. The highest BCUT2D eigenvalue weighted by molar-refractivity contribution is 4.66. The van der Waals surface area contributed by atoms with Crippen LogP contribution in [0.1, 0.15) is 6.92 Å². The lowest BCUT2D eigenvalue weighted by Gasteiger charge is -2.28. The number of hydrogen-bond donors (Lipinski definition) is 1. The molecule has 1 atom stereocenters. The highest BCUT2D eigenvalue weighted by Gasteiger charge is 2.12. The maximum atomic E-state index is 5.37. The number of ether oxygens (including phenoxy) is 3. The molecule has 0 saturated carbocycles. The van der Waals surface area contributed by atoms with Gasteiger partial charge in [-0.1, -0.05) is 0 Å². The van der Waals surface area contributed by atoms with Crippen LogP contribution in [0.15, 0.2) is 0 Å². The van der Waals surface area contributed by atoms with Crippen LogP contribution in [0.4, 0.5) is 0 Å². The van der Waals surface area contributed by atoms with E-state index < -0.39 is 0 Å². The van der Waals surface area contributed by atoms with E-state index in [-0.39, 0.29) is 0 Å². The van der Waals surface area contributed by atoms with Crippen molar-refractivity contribution < 1.29 is 14.2 Å². The van der Waals surface area contributed by atoms with Crippen LogP contribution in [0.2, 0.25) is 0 Å². The minimum atomic E-state index is 0.377. The van der Waals surface area contributed by atoms with E-state index in [0.29, 0.717) is 25.8 Å². The van der Waals surface area contributed by atoms with Crippen LogP contribution in [0.25, 0.3) is 0 Å². The lowest BCUT2D eigenvalue weighted by molar-refractivity contribution is 0.0468. The summed E-state index contributed by atoms with van der Waals surface area (Å²) in [7, 11) is 3.43. The van der Waals surface area contributed by atoms with Crippen LogP contribution in [-0.4, -0.2) is 71.2 Å². The molecule has 2 N–H and O–H groups in total. The SMILES string of the molecule is COCCN(CCOCCN)C(C)COC. The predicted molar refractivity (Wildman–Crippen MR) is 64.7 cm³/mol. The maximum Gasteiger partial charge on any atom is 0.0615 e. The van der Waals surface area contributed by atoms with Crippen molar-refractivity contribution in [2.75, 3.05) is 60.3 Å². The Labute approximate surface area is 98.8 Å². The zero-order chi connectivity index (χ0) is 12.2. The fraction of sp³-hybridized carbons (Fsp3) is 1.00. The van der Waals surface area contributed by atoms with Crippen molar-refractivity contribution in [3.05, 3.63) is 0 Å². The Morgan fingerprint density at radius 1 is 1.06 bits per heavy atom. The summed E-state index contributed by atoms with van der Waals surface area (Å²) in [5, 5.41) is 0. The lowest BCUT2D eigenvalue weighted by Crippen LogP contribution is -2.40. The molecule has 0 rings (SSSR count). The molecule has 0 spiro atoms. The van der Waals surface area contributed by atoms with Crippen molar-refractivity contribution in [2.24, 2.45) is 5.73 Å². The molecule has 0 saturated heterocycles. The monoisotopic (exact) mass is 234 g/mol. The average Bonchev–Trinajstić information content (AvgIpc) is 2.28. The second-order valence-electron chi connectivity index (χ2n) is 3.73. The second kappa shape index (κ2) is 11.3. The molecule has 5 nitrogen and oxygen atoms in total. The van der Waals surface area contributed by atoms with Gasteiger partial charge in [0.05, 0.1) is 26.4 Å². The molecule has 98 valence electrons. The van der Waals surface area contributed by atoms with E-state index >= 15 is 0 Å². The lowest BCUT2D eigenvalue weighted by atomic mass is 10.3. The van der Waals surface area contributed by atoms with E-state index in [1.165, 1.54) is 0 Å². The standard InChI is InChI=1S/C11H26N2O3/c1-11(10-15-3)13(5-8-14-2)6-9-16-7-4-12/h11H,4-10,12H2,1-3H3. The largest absolute Gasteiger partial charge is 0.383 e. The summed E-state index contributed by atoms with van der Waals surface area (Å²) in [6.45, 7) is 7.27. The first-order chi connectivity index (χ1) is 7.76. The van der Waals surface area contributed by atoms with E-state index in [4.69, 9.17) is 19.9 Å². The molecule has 0 aromatic carbocycles. The summed E-state index contributed by atoms with van der Waals surface area (Å²) < 4.78 is 15.6. The first-order valence-electron chi connectivity index (χ1n) is 5.76. The van der Waals surface area contributed by atoms with Crippen LogP contribution in [0.3, 0.4) is 0 Å². The molecule has 0 fully saturated rings. The van der Waals surface area contributed by atoms with Crippen LogP contribution in [0, 0.1) is 0 Å². The predicted octanol–water partition coefficient (Wildman–Crippen LogP) is -0.0550. The Balaban J connectivity index is 3.79. The van der Waals surface area contributed by atoms with Crippen LogP contribution in [0.5, 0.6) is 0 Å². The summed E-state index contributed by atoms with van der Waals surface area (Å²) in [6, 6.07) is 0.377. The normalized spacial score (nSPS) is 13.3. The van der Waals surface area contributed by atoms with Crippen molar-refractivity contribution in [3.63, 3.8) is 0 Å². The average molecular weight is 234 g/mol. The molecule has 0 aliphatic rings. The molecule has 0 amide bonds. The Kier molecular flexibility index (Phi) is 11.1. The molecule has 0 aliphatic carbocycles. The molecule has 0 radical (unpaired) electrons. The molecule has 1 unspecified atom stereocenters. The number of methoxy groups -OCH3 is 2. The summed E-state index contributed by atoms with van der Waals surface area (Å²) in [5.74, 6) is 0. The number of nitrogens with zero attached hydrogens (tertiary/aromatic N) is 1. The van der Waals surface area contributed by atoms with E-state index in [2.05, 4.69) is 11.8 Å². The van der Waals surface area contributed by atoms with Gasteiger partial charge < -0.3 is 19.9 Å². The molecular formula is C11H26N2O3. The van der Waals surface area contributed by atoms with Gasteiger partial charge in [0.15, 0.2) is 0 Å². The fourth-order valence-corrected chi connectivity index (χ4v) is 1.47. The Hall–Kier alpha value is -0.200. The summed E-state index contributed by atoms with van der Waals surface area (Å²) in [4.78, 5) is 2.30. The molecule has 16 heavy (non-hydrogen) atoms. The Morgan fingerprint density at radius 2 is 1.75 bits per heavy atom. The molecule has 0 heterocycles. The van der Waals surface area contributed by atoms with Gasteiger partial charge in [0.25, 0.3) is 0 Å². The van der Waals surface area contributed by atoms with Crippen molar-refractivity contribution >= 4 is 0 Å². The number of hydrogen-bond acceptors (Lipinski definition) is 5. The molecule has 0 aromatic rings. The fourth-order valence-electron chi connectivity index (χ4n) is 1.47. The van der Waals surface area contributed by atoms with Gasteiger partial charge in [-0.25, -0.2) is 0 Å². The molecule has 0 aliphatic heterocycles. The van der Waals surface area contributed by atoms with Gasteiger partial charge in [0.1, 0.15) is 0 Å². The van der Waals surface area contributed by atoms with Crippen molar-refractivity contribution in [1.29, 1.82) is 0 Å². The summed E-state index contributed by atoms with van der Waals surface area (Å²) >= 11 is 0. The van der Waals surface area contributed by atoms with E-state index in [0.717, 1.165) is 26.3 Å². The number of nitrogens with two attached hydrogens (primary N) is 1. The third-order valence-corrected chi connectivity index (χ3v) is 2.40. The number of rotatable bonds is 11. The quantitative estimate of drug-likeness (QED) is 0.508. The topological polar surface area (TPSA) is 57.0 Å². The third kappa shape index (κ3) is 8.01.